The molecule has 3 rings (SSSR count). The first kappa shape index (κ1) is 25.1. The Kier molecular flexibility index (Phi) is 7.97. The third-order valence-corrected chi connectivity index (χ3v) is 5.84. The summed E-state index contributed by atoms with van der Waals surface area (Å²) in [5.74, 6) is 1.06. The highest BCUT2D eigenvalue weighted by Crippen LogP contribution is 2.31. The van der Waals surface area contributed by atoms with Crippen molar-refractivity contribution in [3.05, 3.63) is 23.3 Å². The second kappa shape index (κ2) is 10.2. The lowest BCUT2D eigenvalue weighted by Gasteiger charge is -2.42. The van der Waals surface area contributed by atoms with E-state index in [9.17, 15) is 30.6 Å². The number of aryl methyl sites for hydroxylation is 2. The number of aliphatic hydroxyl groups is 6. The van der Waals surface area contributed by atoms with E-state index in [0.717, 1.165) is 5.56 Å². The SMILES string of the molecule is COc1cc(C)c(O[C@@H]2O[C@H](CO[C@@H]3O[C@@H](C)[C@H](O)[C@@H](O)[C@H]3O)[C@@H](O)[C@H](O)[C@H]2O)cc1C. The zero-order valence-corrected chi connectivity index (χ0v) is 18.4. The third kappa shape index (κ3) is 5.01. The molecule has 0 bridgehead atoms. The lowest BCUT2D eigenvalue weighted by atomic mass is 9.98. The molecule has 2 heterocycles. The maximum absolute atomic E-state index is 10.4. The molecule has 0 aliphatic carbocycles. The molecular weight excluding hydrogens is 428 g/mol. The van der Waals surface area contributed by atoms with E-state index in [1.54, 1.807) is 26.2 Å². The zero-order valence-electron chi connectivity index (χ0n) is 18.4. The summed E-state index contributed by atoms with van der Waals surface area (Å²) in [5.41, 5.74) is 1.49. The first-order valence-corrected chi connectivity index (χ1v) is 10.4. The van der Waals surface area contributed by atoms with E-state index in [-0.39, 0.29) is 6.61 Å². The number of benzene rings is 1. The van der Waals surface area contributed by atoms with Gasteiger partial charge in [0.05, 0.1) is 19.8 Å². The van der Waals surface area contributed by atoms with E-state index in [4.69, 9.17) is 23.7 Å². The van der Waals surface area contributed by atoms with Crippen molar-refractivity contribution in [2.24, 2.45) is 0 Å². The van der Waals surface area contributed by atoms with E-state index in [1.165, 1.54) is 6.92 Å². The van der Waals surface area contributed by atoms with E-state index >= 15 is 0 Å². The predicted molar refractivity (Wildman–Crippen MR) is 108 cm³/mol. The van der Waals surface area contributed by atoms with Gasteiger partial charge in [-0.2, -0.15) is 0 Å². The van der Waals surface area contributed by atoms with Crippen LogP contribution in [0.2, 0.25) is 0 Å². The van der Waals surface area contributed by atoms with Crippen LogP contribution in [0.4, 0.5) is 0 Å². The van der Waals surface area contributed by atoms with Crippen LogP contribution >= 0.6 is 0 Å². The van der Waals surface area contributed by atoms with Crippen molar-refractivity contribution in [3.63, 3.8) is 0 Å². The van der Waals surface area contributed by atoms with Crippen molar-refractivity contribution in [2.75, 3.05) is 13.7 Å². The minimum Gasteiger partial charge on any atom is -0.496 e. The third-order valence-electron chi connectivity index (χ3n) is 5.84. The Labute approximate surface area is 185 Å². The summed E-state index contributed by atoms with van der Waals surface area (Å²) in [4.78, 5) is 0. The van der Waals surface area contributed by atoms with Crippen LogP contribution < -0.4 is 9.47 Å². The van der Waals surface area contributed by atoms with Crippen molar-refractivity contribution in [2.45, 2.75) is 82.2 Å². The summed E-state index contributed by atoms with van der Waals surface area (Å²) in [6.45, 7) is 4.75. The molecule has 1 aromatic rings. The molecule has 2 saturated heterocycles. The smallest absolute Gasteiger partial charge is 0.229 e. The van der Waals surface area contributed by atoms with Crippen molar-refractivity contribution >= 4 is 0 Å². The van der Waals surface area contributed by atoms with Crippen molar-refractivity contribution in [1.29, 1.82) is 0 Å². The lowest BCUT2D eigenvalue weighted by Crippen LogP contribution is -2.61. The van der Waals surface area contributed by atoms with Gasteiger partial charge < -0.3 is 54.3 Å². The molecule has 182 valence electrons. The molecule has 1 aromatic carbocycles. The molecule has 2 aliphatic heterocycles. The molecule has 0 aromatic heterocycles. The van der Waals surface area contributed by atoms with Crippen LogP contribution in [-0.4, -0.2) is 106 Å². The Morgan fingerprint density at radius 3 is 1.97 bits per heavy atom. The van der Waals surface area contributed by atoms with Crippen LogP contribution in [0.15, 0.2) is 12.1 Å². The molecule has 0 amide bonds. The standard InChI is InChI=1S/C21H32O11/c1-8-6-12(9(2)5-11(8)28-4)31-21-19(27)17(25)15(23)13(32-21)7-29-20-18(26)16(24)14(22)10(3)30-20/h5-6,10,13-27H,7H2,1-4H3/t10-,13+,14-,15+,16+,17-,18+,19+,20+,21+/m0/s1. The summed E-state index contributed by atoms with van der Waals surface area (Å²) in [6.07, 6.45) is -13.5. The predicted octanol–water partition coefficient (Wildman–Crippen LogP) is -1.66. The second-order valence-corrected chi connectivity index (χ2v) is 8.23. The fourth-order valence-corrected chi connectivity index (χ4v) is 3.73. The van der Waals surface area contributed by atoms with Crippen LogP contribution in [0.25, 0.3) is 0 Å². The first-order valence-electron chi connectivity index (χ1n) is 10.4. The van der Waals surface area contributed by atoms with Crippen molar-refractivity contribution in [1.82, 2.24) is 0 Å². The number of ether oxygens (including phenoxy) is 5. The van der Waals surface area contributed by atoms with Crippen LogP contribution in [0, 0.1) is 13.8 Å². The van der Waals surface area contributed by atoms with E-state index < -0.39 is 61.4 Å². The van der Waals surface area contributed by atoms with Gasteiger partial charge in [0.15, 0.2) is 6.29 Å². The molecule has 0 saturated carbocycles. The van der Waals surface area contributed by atoms with Crippen LogP contribution in [0.1, 0.15) is 18.1 Å². The van der Waals surface area contributed by atoms with Crippen LogP contribution in [-0.2, 0) is 14.2 Å². The van der Waals surface area contributed by atoms with Gasteiger partial charge in [-0.05, 0) is 44.0 Å². The Morgan fingerprint density at radius 1 is 0.750 bits per heavy atom. The molecule has 11 heteroatoms. The lowest BCUT2D eigenvalue weighted by molar-refractivity contribution is -0.318. The summed E-state index contributed by atoms with van der Waals surface area (Å²) in [6, 6.07) is 3.46. The van der Waals surface area contributed by atoms with E-state index in [1.807, 2.05) is 6.92 Å². The minimum atomic E-state index is -1.59. The number of rotatable bonds is 6. The Hall–Kier alpha value is -1.54. The topological polar surface area (TPSA) is 168 Å². The minimum absolute atomic E-state index is 0.358. The van der Waals surface area contributed by atoms with Gasteiger partial charge >= 0.3 is 0 Å². The molecule has 11 nitrogen and oxygen atoms in total. The Balaban J connectivity index is 1.68. The van der Waals surface area contributed by atoms with Gasteiger partial charge in [0, 0.05) is 0 Å². The molecule has 0 spiro atoms. The Morgan fingerprint density at radius 2 is 1.31 bits per heavy atom. The number of methoxy groups -OCH3 is 1. The maximum atomic E-state index is 10.4. The largest absolute Gasteiger partial charge is 0.496 e. The number of hydrogen-bond donors (Lipinski definition) is 6. The van der Waals surface area contributed by atoms with Gasteiger partial charge in [0.1, 0.15) is 54.2 Å². The molecular formula is C21H32O11. The number of hydrogen-bond acceptors (Lipinski definition) is 11. The van der Waals surface area contributed by atoms with Gasteiger partial charge in [-0.1, -0.05) is 0 Å². The highest BCUT2D eigenvalue weighted by molar-refractivity contribution is 5.45. The van der Waals surface area contributed by atoms with Crippen LogP contribution in [0.5, 0.6) is 11.5 Å². The van der Waals surface area contributed by atoms with Crippen molar-refractivity contribution < 1.29 is 54.3 Å². The average Bonchev–Trinajstić information content (AvgIpc) is 2.76. The first-order chi connectivity index (χ1) is 15.0. The molecule has 32 heavy (non-hydrogen) atoms. The normalized spacial score (nSPS) is 40.2. The highest BCUT2D eigenvalue weighted by Gasteiger charge is 2.47. The molecule has 2 aliphatic rings. The molecule has 6 N–H and O–H groups in total. The molecule has 0 radical (unpaired) electrons. The summed E-state index contributed by atoms with van der Waals surface area (Å²) < 4.78 is 27.5. The fourth-order valence-electron chi connectivity index (χ4n) is 3.73. The van der Waals surface area contributed by atoms with Gasteiger partial charge in [-0.25, -0.2) is 0 Å². The van der Waals surface area contributed by atoms with E-state index in [0.29, 0.717) is 17.1 Å². The van der Waals surface area contributed by atoms with Gasteiger partial charge in [0.2, 0.25) is 6.29 Å². The maximum Gasteiger partial charge on any atom is 0.229 e. The van der Waals surface area contributed by atoms with Gasteiger partial charge in [-0.15, -0.1) is 0 Å². The van der Waals surface area contributed by atoms with E-state index in [2.05, 4.69) is 0 Å². The highest BCUT2D eigenvalue weighted by atomic mass is 16.7. The molecule has 2 fully saturated rings. The second-order valence-electron chi connectivity index (χ2n) is 8.23. The van der Waals surface area contributed by atoms with Crippen molar-refractivity contribution in [3.8, 4) is 11.5 Å². The summed E-state index contributed by atoms with van der Waals surface area (Å²) >= 11 is 0. The monoisotopic (exact) mass is 460 g/mol. The average molecular weight is 460 g/mol. The van der Waals surface area contributed by atoms with Gasteiger partial charge in [-0.3, -0.25) is 0 Å². The molecule has 0 unspecified atom stereocenters. The fraction of sp³-hybridized carbons (Fsp3) is 0.714. The number of aliphatic hydroxyl groups excluding tert-OH is 6. The zero-order chi connectivity index (χ0) is 23.7. The van der Waals surface area contributed by atoms with Crippen LogP contribution in [0.3, 0.4) is 0 Å². The summed E-state index contributed by atoms with van der Waals surface area (Å²) in [7, 11) is 1.55. The van der Waals surface area contributed by atoms with Gasteiger partial charge in [0.25, 0.3) is 0 Å². The Bertz CT molecular complexity index is 774. The molecule has 10 atom stereocenters. The summed E-state index contributed by atoms with van der Waals surface area (Å²) in [5, 5.41) is 60.7. The quantitative estimate of drug-likeness (QED) is 0.288.